The number of nitrogens with zero attached hydrogens (tertiary/aromatic N) is 5. The van der Waals surface area contributed by atoms with Crippen molar-refractivity contribution in [2.24, 2.45) is 0 Å². The van der Waals surface area contributed by atoms with Crippen LogP contribution in [0.5, 0.6) is 5.75 Å². The molecule has 0 N–H and O–H groups in total. The summed E-state index contributed by atoms with van der Waals surface area (Å²) in [5, 5.41) is 4.00. The van der Waals surface area contributed by atoms with Crippen LogP contribution in [0.4, 0.5) is 5.82 Å². The molecule has 4 heterocycles. The number of benzene rings is 1. The van der Waals surface area contributed by atoms with Gasteiger partial charge in [0.2, 0.25) is 5.91 Å². The molecule has 0 radical (unpaired) electrons. The van der Waals surface area contributed by atoms with E-state index in [-0.39, 0.29) is 5.91 Å². The molecule has 8 heteroatoms. The topological polar surface area (TPSA) is 74.9 Å². The molecule has 1 aromatic carbocycles. The molecule has 0 spiro atoms. The second-order valence-electron chi connectivity index (χ2n) is 9.36. The van der Waals surface area contributed by atoms with Crippen LogP contribution in [0.1, 0.15) is 34.6 Å². The first-order chi connectivity index (χ1) is 17.1. The standard InChI is InChI=1S/C27H33N5O3/c1-20-24(21(2)35-29-20)7-9-27(33)32-15-16-34-25-8-6-22(17-23(25)19-32)18-30-11-13-31(14-12-30)26-5-3-4-10-28-26/h3-6,8,10,17H,7,9,11-16,18-19H2,1-2H3. The number of piperazine rings is 1. The minimum atomic E-state index is 0.137. The lowest BCUT2D eigenvalue weighted by Crippen LogP contribution is -2.46. The van der Waals surface area contributed by atoms with E-state index in [9.17, 15) is 4.79 Å². The predicted molar refractivity (Wildman–Crippen MR) is 133 cm³/mol. The third kappa shape index (κ3) is 5.48. The van der Waals surface area contributed by atoms with E-state index in [4.69, 9.17) is 9.26 Å². The molecule has 0 bridgehead atoms. The number of carbonyl (C=O) groups is 1. The second kappa shape index (κ2) is 10.5. The van der Waals surface area contributed by atoms with Crippen molar-refractivity contribution < 1.29 is 14.1 Å². The number of fused-ring (bicyclic) bond motifs is 1. The van der Waals surface area contributed by atoms with Gasteiger partial charge < -0.3 is 19.1 Å². The Kier molecular flexibility index (Phi) is 6.99. The number of aryl methyl sites for hydroxylation is 2. The maximum Gasteiger partial charge on any atom is 0.223 e. The van der Waals surface area contributed by atoms with Crippen molar-refractivity contribution in [3.63, 3.8) is 0 Å². The summed E-state index contributed by atoms with van der Waals surface area (Å²) in [4.78, 5) is 24.2. The zero-order valence-corrected chi connectivity index (χ0v) is 20.6. The van der Waals surface area contributed by atoms with Crippen molar-refractivity contribution in [1.82, 2.24) is 19.9 Å². The largest absolute Gasteiger partial charge is 0.491 e. The van der Waals surface area contributed by atoms with Crippen LogP contribution in [-0.2, 0) is 24.3 Å². The van der Waals surface area contributed by atoms with Gasteiger partial charge in [-0.3, -0.25) is 9.69 Å². The first-order valence-electron chi connectivity index (χ1n) is 12.4. The van der Waals surface area contributed by atoms with E-state index in [2.05, 4.69) is 44.2 Å². The van der Waals surface area contributed by atoms with Gasteiger partial charge in [-0.1, -0.05) is 17.3 Å². The normalized spacial score (nSPS) is 16.5. The highest BCUT2D eigenvalue weighted by Crippen LogP contribution is 2.26. The van der Waals surface area contributed by atoms with Crippen molar-refractivity contribution in [2.75, 3.05) is 44.2 Å². The molecule has 2 aliphatic rings. The van der Waals surface area contributed by atoms with Crippen LogP contribution in [0.3, 0.4) is 0 Å². The lowest BCUT2D eigenvalue weighted by atomic mass is 10.1. The SMILES string of the molecule is Cc1noc(C)c1CCC(=O)N1CCOc2ccc(CN3CCN(c4ccccn4)CC3)cc2C1. The number of rotatable bonds is 6. The van der Waals surface area contributed by atoms with Crippen molar-refractivity contribution in [3.05, 3.63) is 70.7 Å². The molecular formula is C27H33N5O3. The van der Waals surface area contributed by atoms with Crippen LogP contribution in [-0.4, -0.2) is 65.2 Å². The van der Waals surface area contributed by atoms with Crippen LogP contribution in [0.2, 0.25) is 0 Å². The summed E-state index contributed by atoms with van der Waals surface area (Å²) in [7, 11) is 0. The Morgan fingerprint density at radius 1 is 1.06 bits per heavy atom. The van der Waals surface area contributed by atoms with Crippen LogP contribution in [0.15, 0.2) is 47.1 Å². The lowest BCUT2D eigenvalue weighted by molar-refractivity contribution is -0.131. The van der Waals surface area contributed by atoms with Crippen LogP contribution in [0.25, 0.3) is 0 Å². The maximum absolute atomic E-state index is 13.0. The van der Waals surface area contributed by atoms with Crippen molar-refractivity contribution >= 4 is 11.7 Å². The quantitative estimate of drug-likeness (QED) is 0.541. The van der Waals surface area contributed by atoms with Gasteiger partial charge in [-0.25, -0.2) is 4.98 Å². The molecule has 1 amide bonds. The highest BCUT2D eigenvalue weighted by Gasteiger charge is 2.22. The number of hydrogen-bond donors (Lipinski definition) is 0. The zero-order chi connectivity index (χ0) is 24.2. The van der Waals surface area contributed by atoms with E-state index in [0.29, 0.717) is 32.5 Å². The number of ether oxygens (including phenoxy) is 1. The number of pyridine rings is 1. The van der Waals surface area contributed by atoms with E-state index in [1.165, 1.54) is 5.56 Å². The molecule has 2 aliphatic heterocycles. The van der Waals surface area contributed by atoms with E-state index in [1.807, 2.05) is 37.1 Å². The number of amides is 1. The van der Waals surface area contributed by atoms with Gasteiger partial charge in [0.15, 0.2) is 0 Å². The van der Waals surface area contributed by atoms with Gasteiger partial charge in [-0.15, -0.1) is 0 Å². The molecule has 0 atom stereocenters. The molecule has 3 aromatic rings. The lowest BCUT2D eigenvalue weighted by Gasteiger charge is -2.35. The summed E-state index contributed by atoms with van der Waals surface area (Å²) >= 11 is 0. The fraction of sp³-hybridized carbons (Fsp3) is 0.444. The van der Waals surface area contributed by atoms with Crippen LogP contribution in [0, 0.1) is 13.8 Å². The van der Waals surface area contributed by atoms with Crippen LogP contribution < -0.4 is 9.64 Å². The molecule has 1 fully saturated rings. The van der Waals surface area contributed by atoms with E-state index >= 15 is 0 Å². The van der Waals surface area contributed by atoms with Gasteiger partial charge in [-0.2, -0.15) is 0 Å². The smallest absolute Gasteiger partial charge is 0.223 e. The number of aromatic nitrogens is 2. The predicted octanol–water partition coefficient (Wildman–Crippen LogP) is 3.36. The Morgan fingerprint density at radius 3 is 2.66 bits per heavy atom. The van der Waals surface area contributed by atoms with E-state index in [1.54, 1.807) is 0 Å². The molecule has 5 rings (SSSR count). The van der Waals surface area contributed by atoms with Crippen molar-refractivity contribution in [2.45, 2.75) is 39.8 Å². The van der Waals surface area contributed by atoms with Gasteiger partial charge in [0.05, 0.1) is 12.2 Å². The van der Waals surface area contributed by atoms with E-state index < -0.39 is 0 Å². The Hall–Kier alpha value is -3.39. The molecule has 1 saturated heterocycles. The summed E-state index contributed by atoms with van der Waals surface area (Å²) in [5.41, 5.74) is 4.24. The zero-order valence-electron chi connectivity index (χ0n) is 20.6. The Balaban J connectivity index is 1.18. The average Bonchev–Trinajstić information content (AvgIpc) is 3.07. The molecule has 184 valence electrons. The van der Waals surface area contributed by atoms with Crippen molar-refractivity contribution in [3.8, 4) is 5.75 Å². The van der Waals surface area contributed by atoms with E-state index in [0.717, 1.165) is 66.9 Å². The number of hydrogen-bond acceptors (Lipinski definition) is 7. The first-order valence-corrected chi connectivity index (χ1v) is 12.4. The molecule has 35 heavy (non-hydrogen) atoms. The van der Waals surface area contributed by atoms with Crippen LogP contribution >= 0.6 is 0 Å². The number of anilines is 1. The summed E-state index contributed by atoms with van der Waals surface area (Å²) in [6.45, 7) is 10.3. The highest BCUT2D eigenvalue weighted by atomic mass is 16.5. The summed E-state index contributed by atoms with van der Waals surface area (Å²) in [5.74, 6) is 2.87. The first kappa shape index (κ1) is 23.4. The van der Waals surface area contributed by atoms with Gasteiger partial charge in [0.1, 0.15) is 23.9 Å². The number of carbonyl (C=O) groups excluding carboxylic acids is 1. The highest BCUT2D eigenvalue weighted by molar-refractivity contribution is 5.76. The monoisotopic (exact) mass is 475 g/mol. The summed E-state index contributed by atoms with van der Waals surface area (Å²) in [6.07, 6.45) is 2.94. The third-order valence-corrected chi connectivity index (χ3v) is 6.98. The minimum Gasteiger partial charge on any atom is -0.491 e. The molecular weight excluding hydrogens is 442 g/mol. The second-order valence-corrected chi connectivity index (χ2v) is 9.36. The van der Waals surface area contributed by atoms with Gasteiger partial charge >= 0.3 is 0 Å². The fourth-order valence-corrected chi connectivity index (χ4v) is 4.94. The maximum atomic E-state index is 13.0. The fourth-order valence-electron chi connectivity index (χ4n) is 4.94. The Bertz CT molecular complexity index is 1140. The van der Waals surface area contributed by atoms with Gasteiger partial charge in [-0.05, 0) is 50.1 Å². The van der Waals surface area contributed by atoms with Crippen molar-refractivity contribution in [1.29, 1.82) is 0 Å². The molecule has 0 unspecified atom stereocenters. The summed E-state index contributed by atoms with van der Waals surface area (Å²) in [6, 6.07) is 12.5. The molecule has 0 saturated carbocycles. The molecule has 8 nitrogen and oxygen atoms in total. The Morgan fingerprint density at radius 2 is 1.91 bits per heavy atom. The van der Waals surface area contributed by atoms with Gasteiger partial charge in [0, 0.05) is 63.0 Å². The molecule has 2 aromatic heterocycles. The third-order valence-electron chi connectivity index (χ3n) is 6.98. The minimum absolute atomic E-state index is 0.137. The summed E-state index contributed by atoms with van der Waals surface area (Å²) < 4.78 is 11.2. The average molecular weight is 476 g/mol. The Labute approximate surface area is 206 Å². The molecule has 0 aliphatic carbocycles. The van der Waals surface area contributed by atoms with Gasteiger partial charge in [0.25, 0.3) is 0 Å².